The van der Waals surface area contributed by atoms with E-state index in [4.69, 9.17) is 0 Å². The van der Waals surface area contributed by atoms with Gasteiger partial charge in [-0.15, -0.1) is 0 Å². The highest BCUT2D eigenvalue weighted by molar-refractivity contribution is 5.43. The monoisotopic (exact) mass is 160 g/mol. The molecule has 0 bridgehead atoms. The lowest BCUT2D eigenvalue weighted by molar-refractivity contribution is 0.427. The smallest absolute Gasteiger partial charge is 0.0101 e. The quantitative estimate of drug-likeness (QED) is 0.507. The van der Waals surface area contributed by atoms with Crippen LogP contribution in [0.4, 0.5) is 0 Å². The predicted octanol–water partition coefficient (Wildman–Crippen LogP) is 3.62. The van der Waals surface area contributed by atoms with E-state index in [1.807, 2.05) is 0 Å². The van der Waals surface area contributed by atoms with Crippen LogP contribution in [0.1, 0.15) is 33.1 Å². The SMILES string of the molecule is CC1(C)CC=CC2=C1CCC=C2. The second-order valence-corrected chi connectivity index (χ2v) is 4.37. The van der Waals surface area contributed by atoms with Crippen LogP contribution < -0.4 is 0 Å². The molecule has 0 aromatic heterocycles. The predicted molar refractivity (Wildman–Crippen MR) is 52.9 cm³/mol. The summed E-state index contributed by atoms with van der Waals surface area (Å²) in [4.78, 5) is 0. The van der Waals surface area contributed by atoms with Gasteiger partial charge in [-0.05, 0) is 30.3 Å². The molecule has 0 atom stereocenters. The second-order valence-electron chi connectivity index (χ2n) is 4.37. The molecule has 12 heavy (non-hydrogen) atoms. The van der Waals surface area contributed by atoms with E-state index in [-0.39, 0.29) is 0 Å². The maximum absolute atomic E-state index is 2.35. The highest BCUT2D eigenvalue weighted by Crippen LogP contribution is 2.41. The Morgan fingerprint density at radius 2 is 1.92 bits per heavy atom. The van der Waals surface area contributed by atoms with Gasteiger partial charge in [-0.25, -0.2) is 0 Å². The minimum Gasteiger partial charge on any atom is -0.0836 e. The van der Waals surface area contributed by atoms with Gasteiger partial charge in [0, 0.05) is 0 Å². The average molecular weight is 160 g/mol. The van der Waals surface area contributed by atoms with Gasteiger partial charge in [0.1, 0.15) is 0 Å². The van der Waals surface area contributed by atoms with Crippen LogP contribution in [-0.4, -0.2) is 0 Å². The van der Waals surface area contributed by atoms with E-state index in [2.05, 4.69) is 38.2 Å². The lowest BCUT2D eigenvalue weighted by Crippen LogP contribution is -2.19. The standard InChI is InChI=1S/C12H16/c1-12(2)9-5-7-10-6-3-4-8-11(10)12/h3,5-7H,4,8-9H2,1-2H3. The first-order valence-corrected chi connectivity index (χ1v) is 4.77. The molecule has 0 amide bonds. The maximum atomic E-state index is 2.35. The number of allylic oxidation sites excluding steroid dienone is 6. The third kappa shape index (κ3) is 1.16. The van der Waals surface area contributed by atoms with Crippen molar-refractivity contribution in [1.82, 2.24) is 0 Å². The van der Waals surface area contributed by atoms with Crippen LogP contribution in [-0.2, 0) is 0 Å². The molecule has 0 N–H and O–H groups in total. The van der Waals surface area contributed by atoms with Crippen molar-refractivity contribution in [2.75, 3.05) is 0 Å². The summed E-state index contributed by atoms with van der Waals surface area (Å²) < 4.78 is 0. The highest BCUT2D eigenvalue weighted by atomic mass is 14.3. The zero-order chi connectivity index (χ0) is 8.60. The van der Waals surface area contributed by atoms with Gasteiger partial charge in [0.25, 0.3) is 0 Å². The summed E-state index contributed by atoms with van der Waals surface area (Å²) in [5.74, 6) is 0. The Hall–Kier alpha value is -0.780. The van der Waals surface area contributed by atoms with E-state index in [1.165, 1.54) is 24.8 Å². The molecule has 0 saturated heterocycles. The summed E-state index contributed by atoms with van der Waals surface area (Å²) in [6.45, 7) is 4.70. The molecule has 2 rings (SSSR count). The van der Waals surface area contributed by atoms with Crippen LogP contribution in [0.3, 0.4) is 0 Å². The van der Waals surface area contributed by atoms with Gasteiger partial charge >= 0.3 is 0 Å². The number of hydrogen-bond donors (Lipinski definition) is 0. The van der Waals surface area contributed by atoms with E-state index in [1.54, 1.807) is 5.57 Å². The molecule has 0 fully saturated rings. The Bertz CT molecular complexity index is 270. The van der Waals surface area contributed by atoms with Crippen LogP contribution >= 0.6 is 0 Å². The Morgan fingerprint density at radius 1 is 1.17 bits per heavy atom. The second kappa shape index (κ2) is 2.62. The Labute approximate surface area is 74.7 Å². The van der Waals surface area contributed by atoms with E-state index >= 15 is 0 Å². The summed E-state index contributed by atoms with van der Waals surface area (Å²) in [6.07, 6.45) is 12.8. The molecular formula is C12H16. The fourth-order valence-electron chi connectivity index (χ4n) is 2.17. The minimum atomic E-state index is 0.412. The van der Waals surface area contributed by atoms with E-state index < -0.39 is 0 Å². The molecule has 0 spiro atoms. The van der Waals surface area contributed by atoms with Crippen LogP contribution in [0.15, 0.2) is 35.5 Å². The molecular weight excluding hydrogens is 144 g/mol. The van der Waals surface area contributed by atoms with Crippen LogP contribution in [0.5, 0.6) is 0 Å². The molecule has 64 valence electrons. The summed E-state index contributed by atoms with van der Waals surface area (Å²) in [7, 11) is 0. The zero-order valence-corrected chi connectivity index (χ0v) is 7.93. The molecule has 0 aromatic rings. The average Bonchev–Trinajstić information content (AvgIpc) is 2.04. The van der Waals surface area contributed by atoms with Gasteiger partial charge in [0.2, 0.25) is 0 Å². The van der Waals surface area contributed by atoms with Crippen molar-refractivity contribution in [3.05, 3.63) is 35.5 Å². The van der Waals surface area contributed by atoms with Gasteiger partial charge in [-0.2, -0.15) is 0 Å². The maximum Gasteiger partial charge on any atom is -0.0101 e. The number of hydrogen-bond acceptors (Lipinski definition) is 0. The van der Waals surface area contributed by atoms with Crippen molar-refractivity contribution in [2.45, 2.75) is 33.1 Å². The van der Waals surface area contributed by atoms with Crippen LogP contribution in [0.2, 0.25) is 0 Å². The first kappa shape index (κ1) is 7.85. The van der Waals surface area contributed by atoms with Crippen molar-refractivity contribution in [2.24, 2.45) is 5.41 Å². The van der Waals surface area contributed by atoms with E-state index in [9.17, 15) is 0 Å². The van der Waals surface area contributed by atoms with Gasteiger partial charge in [-0.1, -0.05) is 43.7 Å². The molecule has 2 aliphatic carbocycles. The van der Waals surface area contributed by atoms with E-state index in [0.717, 1.165) is 0 Å². The van der Waals surface area contributed by atoms with Crippen LogP contribution in [0.25, 0.3) is 0 Å². The molecule has 0 radical (unpaired) electrons. The largest absolute Gasteiger partial charge is 0.0836 e. The molecule has 0 unspecified atom stereocenters. The topological polar surface area (TPSA) is 0 Å². The molecule has 0 saturated carbocycles. The lowest BCUT2D eigenvalue weighted by Gasteiger charge is -2.33. The van der Waals surface area contributed by atoms with Crippen LogP contribution in [0, 0.1) is 5.41 Å². The van der Waals surface area contributed by atoms with Crippen molar-refractivity contribution in [3.8, 4) is 0 Å². The summed E-state index contributed by atoms with van der Waals surface area (Å²) in [5, 5.41) is 0. The van der Waals surface area contributed by atoms with Crippen molar-refractivity contribution < 1.29 is 0 Å². The normalized spacial score (nSPS) is 25.8. The molecule has 0 aliphatic heterocycles. The van der Waals surface area contributed by atoms with Gasteiger partial charge in [0.05, 0.1) is 0 Å². The molecule has 0 heteroatoms. The Morgan fingerprint density at radius 3 is 2.67 bits per heavy atom. The Balaban J connectivity index is 2.43. The third-order valence-electron chi connectivity index (χ3n) is 2.95. The summed E-state index contributed by atoms with van der Waals surface area (Å²) in [6, 6.07) is 0. The molecule has 0 heterocycles. The highest BCUT2D eigenvalue weighted by Gasteiger charge is 2.26. The zero-order valence-electron chi connectivity index (χ0n) is 7.93. The van der Waals surface area contributed by atoms with Gasteiger partial charge in [-0.3, -0.25) is 0 Å². The third-order valence-corrected chi connectivity index (χ3v) is 2.95. The minimum absolute atomic E-state index is 0.412. The molecule has 2 aliphatic rings. The lowest BCUT2D eigenvalue weighted by atomic mass is 9.72. The van der Waals surface area contributed by atoms with Crippen molar-refractivity contribution in [3.63, 3.8) is 0 Å². The first-order chi connectivity index (χ1) is 5.70. The first-order valence-electron chi connectivity index (χ1n) is 4.77. The Kier molecular flexibility index (Phi) is 1.71. The molecule has 0 nitrogen and oxygen atoms in total. The van der Waals surface area contributed by atoms with E-state index in [0.29, 0.717) is 5.41 Å². The number of rotatable bonds is 0. The van der Waals surface area contributed by atoms with Crippen molar-refractivity contribution in [1.29, 1.82) is 0 Å². The van der Waals surface area contributed by atoms with Gasteiger partial charge in [0.15, 0.2) is 0 Å². The fourth-order valence-corrected chi connectivity index (χ4v) is 2.17. The fraction of sp³-hybridized carbons (Fsp3) is 0.500. The van der Waals surface area contributed by atoms with Gasteiger partial charge < -0.3 is 0 Å². The summed E-state index contributed by atoms with van der Waals surface area (Å²) >= 11 is 0. The molecule has 0 aromatic carbocycles. The van der Waals surface area contributed by atoms with Crippen molar-refractivity contribution >= 4 is 0 Å². The summed E-state index contributed by atoms with van der Waals surface area (Å²) in [5.41, 5.74) is 3.54.